The zero-order valence-corrected chi connectivity index (χ0v) is 77.3. The van der Waals surface area contributed by atoms with Gasteiger partial charge in [0.25, 0.3) is 0 Å². The fourth-order valence-electron chi connectivity index (χ4n) is 13.1. The molecule has 34 heteroatoms. The quantitative estimate of drug-likeness (QED) is 0.0144. The number of halogens is 5. The molecule has 6 heterocycles. The number of benzene rings is 9. The van der Waals surface area contributed by atoms with Crippen molar-refractivity contribution >= 4 is 91.9 Å². The summed E-state index contributed by atoms with van der Waals surface area (Å²) < 4.78 is 73.0. The molecular weight excluding hydrogens is 1780 g/mol. The van der Waals surface area contributed by atoms with E-state index < -0.39 is 18.5 Å². The molecule has 678 valence electrons. The van der Waals surface area contributed by atoms with Gasteiger partial charge in [0, 0.05) is 87.4 Å². The number of nitrogens with two attached hydrogens (primary N) is 1. The summed E-state index contributed by atoms with van der Waals surface area (Å²) in [5.41, 5.74) is 19.9. The van der Waals surface area contributed by atoms with Crippen LogP contribution in [0.4, 0.5) is 27.6 Å². The maximum absolute atomic E-state index is 13.1. The van der Waals surface area contributed by atoms with E-state index >= 15 is 0 Å². The van der Waals surface area contributed by atoms with Gasteiger partial charge in [-0.05, 0) is 146 Å². The number of aryl methyl sites for hydroxylation is 3. The first-order valence-corrected chi connectivity index (χ1v) is 45.6. The Morgan fingerprint density at radius 2 is 0.727 bits per heavy atom. The molecule has 5 atom stereocenters. The number of hydrogen-bond donors (Lipinski definition) is 6. The van der Waals surface area contributed by atoms with Crippen LogP contribution < -0.4 is 41.8 Å². The lowest BCUT2D eigenvalue weighted by Crippen LogP contribution is -2.27. The van der Waals surface area contributed by atoms with E-state index in [1.165, 1.54) is 127 Å². The van der Waals surface area contributed by atoms with Gasteiger partial charge >= 0.3 is 12.5 Å². The third-order valence-corrected chi connectivity index (χ3v) is 24.6. The van der Waals surface area contributed by atoms with E-state index in [4.69, 9.17) is 12.2 Å². The number of alkyl halides is 5. The summed E-state index contributed by atoms with van der Waals surface area (Å²) in [5, 5.41) is 63.7. The van der Waals surface area contributed by atoms with E-state index in [2.05, 4.69) is 160 Å². The van der Waals surface area contributed by atoms with Gasteiger partial charge in [-0.2, -0.15) is 8.78 Å². The monoisotopic (exact) mass is 1880 g/mol. The molecule has 24 nitrogen and oxygen atoms in total. The van der Waals surface area contributed by atoms with Crippen LogP contribution in [0.3, 0.4) is 0 Å². The molecule has 0 aliphatic carbocycles. The van der Waals surface area contributed by atoms with E-state index in [0.717, 1.165) is 97.9 Å². The van der Waals surface area contributed by atoms with Gasteiger partial charge in [0.1, 0.15) is 56.6 Å². The molecule has 15 rings (SSSR count). The number of aromatic nitrogens is 11. The topological polar surface area (TPSA) is 332 Å². The second-order valence-corrected chi connectivity index (χ2v) is 35.2. The second kappa shape index (κ2) is 48.0. The van der Waals surface area contributed by atoms with Crippen LogP contribution in [0.15, 0.2) is 255 Å². The van der Waals surface area contributed by atoms with Gasteiger partial charge in [-0.1, -0.05) is 263 Å². The Balaban J connectivity index is 0.000000159. The molecule has 5 amide bonds. The minimum absolute atomic E-state index is 0.0343. The van der Waals surface area contributed by atoms with E-state index in [1.807, 2.05) is 140 Å². The Morgan fingerprint density at radius 1 is 0.386 bits per heavy atom. The summed E-state index contributed by atoms with van der Waals surface area (Å²) in [6.07, 6.45) is 4.92. The third kappa shape index (κ3) is 31.6. The zero-order chi connectivity index (χ0) is 94.3. The molecule has 132 heavy (non-hydrogen) atoms. The number of pyridine rings is 1. The molecule has 0 radical (unpaired) electrons. The number of terminal acetylenes is 1. The van der Waals surface area contributed by atoms with Crippen molar-refractivity contribution in [3.8, 4) is 76.7 Å². The number of hydrogen-bond acceptors (Lipinski definition) is 24. The summed E-state index contributed by atoms with van der Waals surface area (Å²) in [6, 6.07) is 74.1. The van der Waals surface area contributed by atoms with Crippen LogP contribution in [-0.2, 0) is 62.5 Å². The van der Waals surface area contributed by atoms with Crippen molar-refractivity contribution in [3.05, 3.63) is 330 Å². The Kier molecular flexibility index (Phi) is 35.8. The van der Waals surface area contributed by atoms with Gasteiger partial charge in [0.15, 0.2) is 5.01 Å². The van der Waals surface area contributed by atoms with Crippen LogP contribution in [0.1, 0.15) is 154 Å². The van der Waals surface area contributed by atoms with Crippen LogP contribution in [0.25, 0.3) is 52.9 Å². The number of carbonyl (C=O) groups is 5. The molecule has 0 aliphatic rings. The van der Waals surface area contributed by atoms with Crippen molar-refractivity contribution in [2.24, 2.45) is 0 Å². The molecule has 0 saturated heterocycles. The lowest BCUT2D eigenvalue weighted by Gasteiger charge is -2.15. The molecule has 6 aromatic heterocycles. The van der Waals surface area contributed by atoms with Crippen molar-refractivity contribution in [1.82, 2.24) is 82.6 Å². The Hall–Kier alpha value is -14.1. The van der Waals surface area contributed by atoms with Gasteiger partial charge in [0.2, 0.25) is 29.5 Å². The molecule has 15 aromatic rings. The summed E-state index contributed by atoms with van der Waals surface area (Å²) in [4.78, 5) is 62.3. The first-order chi connectivity index (χ1) is 63.3. The Morgan fingerprint density at radius 3 is 1.13 bits per heavy atom. The van der Waals surface area contributed by atoms with E-state index in [1.54, 1.807) is 42.7 Å². The number of para-hydroxylation sites is 1. The molecule has 7 N–H and O–H groups in total. The minimum atomic E-state index is -4.81. The number of nitrogen functional groups attached to an aromatic ring is 1. The highest BCUT2D eigenvalue weighted by Gasteiger charge is 2.34. The Bertz CT molecular complexity index is 6300. The van der Waals surface area contributed by atoms with Crippen LogP contribution in [0, 0.1) is 26.2 Å². The van der Waals surface area contributed by atoms with Crippen molar-refractivity contribution in [2.75, 3.05) is 5.73 Å². The van der Waals surface area contributed by atoms with Gasteiger partial charge in [-0.25, -0.2) is 0 Å². The molecule has 0 aliphatic heterocycles. The highest BCUT2D eigenvalue weighted by atomic mass is 32.1. The first-order valence-electron chi connectivity index (χ1n) is 41.5. The predicted molar refractivity (Wildman–Crippen MR) is 507 cm³/mol. The molecular formula is C98H94F5N17O7S5. The fourth-order valence-corrected chi connectivity index (χ4v) is 17.5. The lowest BCUT2D eigenvalue weighted by atomic mass is 10.0. The van der Waals surface area contributed by atoms with Crippen LogP contribution in [-0.4, -0.2) is 98.0 Å². The molecule has 0 spiro atoms. The number of rotatable bonds is 29. The molecule has 0 saturated carbocycles. The minimum Gasteiger partial charge on any atom is -0.433 e. The van der Waals surface area contributed by atoms with Crippen LogP contribution in [0.5, 0.6) is 11.5 Å². The average Bonchev–Trinajstić information content (AvgIpc) is 1.67. The standard InChI is InChI=1S/C20H18F3N3O2S.C20H20F2N4O2S.C20H17N3OS.C20H21N3OS.C18H18N4OS/c1-12-7-9-14(10-8-12)11-16(24-13(2)27)19-26-25-18(29-19)15-5-3-4-6-17(15)28-20(21,22)23;1-12(27)24-17(10-13-6-8-15(23)9-7-13)19-26-25-18(29-19)14-4-3-5-16(11-14)28-20(2,21)22;1-3-15-10-7-11-17(12-15)19-22-23-20(25-19)18(21-14(2)24)13-16-8-5-4-6-9-16;1-3-15-9-11-16(12-10-15)13-18(21-14(2)24)20-23-22-19(25-20)17-7-5-4-6-8-17;1-12-5-7-14(8-6-12)10-16(20-13(2)23)18-22-21-17(24-18)15-4-3-9-19-11-15/h3-10,16H,11H2,1-2H3,(H,24,27);3-9,11,17H,10,23H2,1-2H3,(H,24,27);1,4-12,18H,13H2,2H3,(H,21,24);4-12,18H,3,13H2,1-2H3,(H,21,24);3-9,11,16H,10H2,1-2H3,(H,20,23). The van der Waals surface area contributed by atoms with Gasteiger partial charge < -0.3 is 41.8 Å². The van der Waals surface area contributed by atoms with Crippen molar-refractivity contribution in [1.29, 1.82) is 0 Å². The average molecular weight is 1880 g/mol. The summed E-state index contributed by atoms with van der Waals surface area (Å²) in [5.74, 6) is 1.65. The normalized spacial score (nSPS) is 12.1. The lowest BCUT2D eigenvalue weighted by molar-refractivity contribution is -0.274. The third-order valence-electron chi connectivity index (χ3n) is 19.2. The van der Waals surface area contributed by atoms with Gasteiger partial charge in [-0.3, -0.25) is 29.0 Å². The number of carbonyl (C=O) groups excluding carboxylic acids is 5. The summed E-state index contributed by atoms with van der Waals surface area (Å²) in [6.45, 7) is 14.3. The van der Waals surface area contributed by atoms with Gasteiger partial charge in [-0.15, -0.1) is 70.6 Å². The summed E-state index contributed by atoms with van der Waals surface area (Å²) >= 11 is 6.87. The summed E-state index contributed by atoms with van der Waals surface area (Å²) in [7, 11) is 0. The number of nitrogens with zero attached hydrogens (tertiary/aromatic N) is 11. The number of nitrogens with one attached hydrogen (secondary N) is 5. The van der Waals surface area contributed by atoms with E-state index in [0.29, 0.717) is 65.3 Å². The number of amides is 5. The smallest absolute Gasteiger partial charge is 0.433 e. The van der Waals surface area contributed by atoms with Gasteiger partial charge in [0.05, 0.1) is 35.8 Å². The highest BCUT2D eigenvalue weighted by Crippen LogP contribution is 2.39. The van der Waals surface area contributed by atoms with Crippen molar-refractivity contribution in [2.45, 2.75) is 144 Å². The maximum atomic E-state index is 13.1. The molecule has 0 bridgehead atoms. The molecule has 9 aromatic carbocycles. The van der Waals surface area contributed by atoms with Crippen molar-refractivity contribution < 1.29 is 55.4 Å². The van der Waals surface area contributed by atoms with Crippen LogP contribution in [0.2, 0.25) is 0 Å². The molecule has 5 unspecified atom stereocenters. The number of anilines is 1. The second-order valence-electron chi connectivity index (χ2n) is 30.2. The van der Waals surface area contributed by atoms with E-state index in [9.17, 15) is 45.9 Å². The van der Waals surface area contributed by atoms with Crippen LogP contribution >= 0.6 is 56.7 Å². The zero-order valence-electron chi connectivity index (χ0n) is 73.2. The first kappa shape index (κ1) is 98.5. The molecule has 0 fully saturated rings. The fraction of sp³-hybridized carbons (Fsp3) is 0.224. The number of ether oxygens (including phenoxy) is 2. The largest absolute Gasteiger partial charge is 0.573 e. The van der Waals surface area contributed by atoms with E-state index in [-0.39, 0.29) is 75.8 Å². The maximum Gasteiger partial charge on any atom is 0.573 e. The van der Waals surface area contributed by atoms with Crippen molar-refractivity contribution in [3.63, 3.8) is 0 Å². The highest BCUT2D eigenvalue weighted by molar-refractivity contribution is 7.16. The SMILES string of the molecule is C#Cc1cccc(-c2nnc(C(Cc3ccccc3)NC(C)=O)s2)c1.CC(=O)NC(Cc1ccc(C)cc1)c1nnc(-c2ccccc2OC(F)(F)F)s1.CC(=O)NC(Cc1ccc(C)cc1)c1nnc(-c2cccnc2)s1.CC(=O)NC(Cc1ccc(N)cc1)c1nnc(-c2cccc(OC(C)(F)F)c2)s1.CCc1ccc(CC(NC(C)=O)c2nnc(-c3ccccc3)s2)cc1. The predicted octanol–water partition coefficient (Wildman–Crippen LogP) is 20.2. The Labute approximate surface area is 780 Å².